The maximum atomic E-state index is 6.39. The van der Waals surface area contributed by atoms with Crippen LogP contribution in [-0.2, 0) is 0 Å². The number of thiophene rings is 2. The van der Waals surface area contributed by atoms with Crippen molar-refractivity contribution in [2.75, 3.05) is 0 Å². The molecule has 0 radical (unpaired) electrons. The van der Waals surface area contributed by atoms with Gasteiger partial charge in [-0.2, -0.15) is 0 Å². The van der Waals surface area contributed by atoms with E-state index in [-0.39, 0.29) is 0 Å². The molecule has 0 atom stereocenters. The van der Waals surface area contributed by atoms with Crippen LogP contribution in [0.5, 0.6) is 0 Å². The highest BCUT2D eigenvalue weighted by atomic mass is 32.1. The maximum Gasteiger partial charge on any atom is 0.180 e. The van der Waals surface area contributed by atoms with Gasteiger partial charge < -0.3 is 4.42 Å². The minimum absolute atomic E-state index is 0.628. The third-order valence-corrected chi connectivity index (χ3v) is 12.9. The maximum absolute atomic E-state index is 6.39. The lowest BCUT2D eigenvalue weighted by Crippen LogP contribution is -2.00. The molecule has 12 aromatic rings. The summed E-state index contributed by atoms with van der Waals surface area (Å²) in [4.78, 5) is 25.8. The number of para-hydroxylation sites is 1. The molecule has 0 spiro atoms. The summed E-state index contributed by atoms with van der Waals surface area (Å²) in [7, 11) is 0. The van der Waals surface area contributed by atoms with E-state index in [4.69, 9.17) is 29.3 Å². The molecule has 0 unspecified atom stereocenters. The molecule has 8 heteroatoms. The van der Waals surface area contributed by atoms with E-state index in [2.05, 4.69) is 109 Å². The van der Waals surface area contributed by atoms with Crippen molar-refractivity contribution in [3.05, 3.63) is 164 Å². The smallest absolute Gasteiger partial charge is 0.180 e. The number of aromatic nitrogens is 5. The zero-order valence-corrected chi connectivity index (χ0v) is 31.7. The van der Waals surface area contributed by atoms with Gasteiger partial charge in [-0.3, -0.25) is 0 Å². The summed E-state index contributed by atoms with van der Waals surface area (Å²) in [5, 5.41) is 5.65. The molecule has 0 saturated carbocycles. The second kappa shape index (κ2) is 12.7. The summed E-state index contributed by atoms with van der Waals surface area (Å²) in [5.74, 6) is 2.58. The van der Waals surface area contributed by atoms with Crippen LogP contribution in [0.4, 0.5) is 0 Å². The molecule has 0 amide bonds. The van der Waals surface area contributed by atoms with Crippen LogP contribution in [0, 0.1) is 0 Å². The molecule has 0 N–H and O–H groups in total. The lowest BCUT2D eigenvalue weighted by molar-refractivity contribution is 0.667. The van der Waals surface area contributed by atoms with E-state index in [1.54, 1.807) is 22.7 Å². The van der Waals surface area contributed by atoms with Gasteiger partial charge in [-0.1, -0.05) is 127 Å². The van der Waals surface area contributed by atoms with Gasteiger partial charge in [0.15, 0.2) is 28.9 Å². The fraction of sp³-hybridized carbons (Fsp3) is 0. The van der Waals surface area contributed by atoms with Crippen molar-refractivity contribution in [1.29, 1.82) is 0 Å². The predicted octanol–water partition coefficient (Wildman–Crippen LogP) is 13.6. The first-order valence-electron chi connectivity index (χ1n) is 18.7. The van der Waals surface area contributed by atoms with Crippen LogP contribution in [-0.4, -0.2) is 24.9 Å². The Labute approximate surface area is 333 Å². The Kier molecular flexibility index (Phi) is 7.17. The molecule has 0 saturated heterocycles. The number of hydrogen-bond donors (Lipinski definition) is 0. The average Bonchev–Trinajstić information content (AvgIpc) is 3.97. The molecule has 0 aliphatic heterocycles. The van der Waals surface area contributed by atoms with E-state index in [1.807, 2.05) is 54.6 Å². The normalized spacial score (nSPS) is 11.9. The first-order valence-corrected chi connectivity index (χ1v) is 20.3. The fourth-order valence-corrected chi connectivity index (χ4v) is 10.3. The van der Waals surface area contributed by atoms with Gasteiger partial charge in [0.2, 0.25) is 0 Å². The monoisotopic (exact) mass is 765 g/mol. The molecule has 0 aliphatic carbocycles. The average molecular weight is 766 g/mol. The SMILES string of the molecule is c1ccc(-c2nc(-c3ccc4c(c3)sc3c(-c5nc(-c6ccccc6)c6oc7ccccc7c6n5)cccc34)nc(-c3cccc4sc5ccccc5c34)n2)cc1. The quantitative estimate of drug-likeness (QED) is 0.174. The molecule has 5 aromatic heterocycles. The van der Waals surface area contributed by atoms with Crippen LogP contribution in [0.2, 0.25) is 0 Å². The van der Waals surface area contributed by atoms with Crippen LogP contribution in [0.25, 0.3) is 119 Å². The van der Waals surface area contributed by atoms with E-state index >= 15 is 0 Å². The fourth-order valence-electron chi connectivity index (χ4n) is 7.92. The van der Waals surface area contributed by atoms with Crippen LogP contribution in [0.15, 0.2) is 168 Å². The molecule has 7 aromatic carbocycles. The molecular formula is C49H27N5OS2. The molecule has 6 nitrogen and oxygen atoms in total. The van der Waals surface area contributed by atoms with Crippen molar-refractivity contribution in [1.82, 2.24) is 24.9 Å². The van der Waals surface area contributed by atoms with Gasteiger partial charge in [0.05, 0.1) is 0 Å². The van der Waals surface area contributed by atoms with E-state index in [0.29, 0.717) is 28.9 Å². The van der Waals surface area contributed by atoms with Gasteiger partial charge in [0.25, 0.3) is 0 Å². The Morgan fingerprint density at radius 2 is 1.04 bits per heavy atom. The van der Waals surface area contributed by atoms with Crippen molar-refractivity contribution in [3.8, 4) is 56.8 Å². The summed E-state index contributed by atoms with van der Waals surface area (Å²) >= 11 is 3.53. The number of benzene rings is 7. The Balaban J connectivity index is 1.04. The number of nitrogens with zero attached hydrogens (tertiary/aromatic N) is 5. The summed E-state index contributed by atoms with van der Waals surface area (Å²) in [5.41, 5.74) is 7.88. The van der Waals surface area contributed by atoms with E-state index < -0.39 is 0 Å². The van der Waals surface area contributed by atoms with Crippen LogP contribution < -0.4 is 0 Å². The molecule has 12 rings (SSSR count). The van der Waals surface area contributed by atoms with Gasteiger partial charge in [-0.25, -0.2) is 24.9 Å². The predicted molar refractivity (Wildman–Crippen MR) is 236 cm³/mol. The lowest BCUT2D eigenvalue weighted by Gasteiger charge is -2.09. The van der Waals surface area contributed by atoms with Gasteiger partial charge in [-0.05, 0) is 36.4 Å². The van der Waals surface area contributed by atoms with Gasteiger partial charge in [0.1, 0.15) is 16.8 Å². The van der Waals surface area contributed by atoms with Gasteiger partial charge in [-0.15, -0.1) is 22.7 Å². The van der Waals surface area contributed by atoms with Crippen molar-refractivity contribution in [2.45, 2.75) is 0 Å². The van der Waals surface area contributed by atoms with Gasteiger partial charge in [0, 0.05) is 73.5 Å². The van der Waals surface area contributed by atoms with Crippen LogP contribution in [0.1, 0.15) is 0 Å². The zero-order valence-electron chi connectivity index (χ0n) is 30.0. The molecule has 5 heterocycles. The molecule has 0 fully saturated rings. The first kappa shape index (κ1) is 32.1. The van der Waals surface area contributed by atoms with Crippen LogP contribution >= 0.6 is 22.7 Å². The van der Waals surface area contributed by atoms with Crippen molar-refractivity contribution < 1.29 is 4.42 Å². The molecule has 57 heavy (non-hydrogen) atoms. The third kappa shape index (κ3) is 5.19. The molecular weight excluding hydrogens is 739 g/mol. The Morgan fingerprint density at radius 3 is 1.89 bits per heavy atom. The largest absolute Gasteiger partial charge is 0.452 e. The van der Waals surface area contributed by atoms with E-state index in [9.17, 15) is 0 Å². The second-order valence-corrected chi connectivity index (χ2v) is 16.1. The number of rotatable bonds is 5. The van der Waals surface area contributed by atoms with Crippen LogP contribution in [0.3, 0.4) is 0 Å². The highest BCUT2D eigenvalue weighted by Crippen LogP contribution is 2.43. The van der Waals surface area contributed by atoms with Crippen molar-refractivity contribution >= 4 is 85.1 Å². The molecule has 266 valence electrons. The number of hydrogen-bond acceptors (Lipinski definition) is 8. The zero-order chi connectivity index (χ0) is 37.5. The third-order valence-electron chi connectivity index (χ3n) is 10.6. The molecule has 0 aliphatic rings. The first-order chi connectivity index (χ1) is 28.2. The van der Waals surface area contributed by atoms with E-state index in [0.717, 1.165) is 70.2 Å². The Morgan fingerprint density at radius 1 is 0.386 bits per heavy atom. The van der Waals surface area contributed by atoms with Crippen molar-refractivity contribution in [3.63, 3.8) is 0 Å². The number of furan rings is 1. The standard InChI is InChI=1S/C49H27N5OS2/c1-3-13-28(14-4-1)42-44-43(33-17-7-9-22-37(33)55-44)51-49(50-42)36-21-11-19-32-31-26-25-30(27-40(31)57-45(32)36)47-52-46(29-15-5-2-6-16-29)53-48(54-47)35-20-12-24-39-41(35)34-18-8-10-23-38(34)56-39/h1-27H. The Bertz CT molecular complexity index is 3540. The topological polar surface area (TPSA) is 77.6 Å². The van der Waals surface area contributed by atoms with Gasteiger partial charge >= 0.3 is 0 Å². The minimum atomic E-state index is 0.628. The second-order valence-electron chi connectivity index (χ2n) is 14.0. The summed E-state index contributed by atoms with van der Waals surface area (Å²) in [6, 6.07) is 56.3. The summed E-state index contributed by atoms with van der Waals surface area (Å²) < 4.78 is 11.1. The summed E-state index contributed by atoms with van der Waals surface area (Å²) in [6.45, 7) is 0. The Hall–Kier alpha value is -7.13. The van der Waals surface area contributed by atoms with Crippen molar-refractivity contribution in [2.24, 2.45) is 0 Å². The van der Waals surface area contributed by atoms with E-state index in [1.165, 1.54) is 20.2 Å². The molecule has 0 bridgehead atoms. The number of fused-ring (bicyclic) bond motifs is 9. The highest BCUT2D eigenvalue weighted by Gasteiger charge is 2.21. The lowest BCUT2D eigenvalue weighted by atomic mass is 10.0. The highest BCUT2D eigenvalue weighted by molar-refractivity contribution is 7.26. The summed E-state index contributed by atoms with van der Waals surface area (Å²) in [6.07, 6.45) is 0. The minimum Gasteiger partial charge on any atom is -0.452 e.